The van der Waals surface area contributed by atoms with Crippen molar-refractivity contribution >= 4 is 16.9 Å². The van der Waals surface area contributed by atoms with Crippen LogP contribution in [0.5, 0.6) is 0 Å². The number of carbonyl (C=O) groups excluding carboxylic acids is 1. The Hall–Kier alpha value is -2.74. The normalized spacial score (nSPS) is 21.0. The second kappa shape index (κ2) is 6.04. The standard InChI is InChI=1S/C16H19N7O/c17-10-1-3-11(4-2-10)20-15(24)14-13-12(5-6-19-13)21-16(22-14)23-8-7-18-9-23/h5-11,19H,1-4,17H2,(H,20,24)/t10-,11-. The van der Waals surface area contributed by atoms with Crippen LogP contribution in [0.3, 0.4) is 0 Å². The van der Waals surface area contributed by atoms with Crippen LogP contribution < -0.4 is 11.1 Å². The number of hydrogen-bond acceptors (Lipinski definition) is 5. The van der Waals surface area contributed by atoms with Crippen molar-refractivity contribution in [2.45, 2.75) is 37.8 Å². The summed E-state index contributed by atoms with van der Waals surface area (Å²) in [5.74, 6) is 0.238. The topological polar surface area (TPSA) is 115 Å². The molecule has 3 aromatic heterocycles. The minimum absolute atomic E-state index is 0.147. The van der Waals surface area contributed by atoms with E-state index in [1.807, 2.05) is 6.07 Å². The number of imidazole rings is 1. The predicted molar refractivity (Wildman–Crippen MR) is 88.7 cm³/mol. The number of rotatable bonds is 3. The van der Waals surface area contributed by atoms with E-state index in [2.05, 4.69) is 25.3 Å². The van der Waals surface area contributed by atoms with Gasteiger partial charge < -0.3 is 16.0 Å². The van der Waals surface area contributed by atoms with Gasteiger partial charge in [0.05, 0.1) is 11.0 Å². The molecule has 0 radical (unpaired) electrons. The van der Waals surface area contributed by atoms with Crippen LogP contribution in [0, 0.1) is 0 Å². The zero-order valence-electron chi connectivity index (χ0n) is 13.1. The van der Waals surface area contributed by atoms with Crippen molar-refractivity contribution in [1.29, 1.82) is 0 Å². The molecule has 0 aromatic carbocycles. The molecule has 0 aliphatic heterocycles. The molecule has 8 heteroatoms. The molecule has 0 bridgehead atoms. The number of carbonyl (C=O) groups is 1. The Morgan fingerprint density at radius 1 is 1.29 bits per heavy atom. The van der Waals surface area contributed by atoms with E-state index in [9.17, 15) is 4.79 Å². The zero-order chi connectivity index (χ0) is 16.5. The maximum atomic E-state index is 12.8. The zero-order valence-corrected chi connectivity index (χ0v) is 13.1. The maximum Gasteiger partial charge on any atom is 0.272 e. The van der Waals surface area contributed by atoms with Gasteiger partial charge in [0, 0.05) is 30.7 Å². The molecule has 0 spiro atoms. The van der Waals surface area contributed by atoms with E-state index in [0.29, 0.717) is 22.7 Å². The molecule has 1 fully saturated rings. The summed E-state index contributed by atoms with van der Waals surface area (Å²) < 4.78 is 1.68. The van der Waals surface area contributed by atoms with Crippen molar-refractivity contribution in [2.24, 2.45) is 5.73 Å². The van der Waals surface area contributed by atoms with Crippen LogP contribution in [0.25, 0.3) is 17.0 Å². The lowest BCUT2D eigenvalue weighted by atomic mass is 9.92. The molecule has 24 heavy (non-hydrogen) atoms. The van der Waals surface area contributed by atoms with Crippen LogP contribution in [0.4, 0.5) is 0 Å². The van der Waals surface area contributed by atoms with E-state index in [0.717, 1.165) is 25.7 Å². The number of aromatic amines is 1. The van der Waals surface area contributed by atoms with Crippen LogP contribution in [-0.4, -0.2) is 42.5 Å². The van der Waals surface area contributed by atoms with Crippen molar-refractivity contribution < 1.29 is 4.79 Å². The number of nitrogens with zero attached hydrogens (tertiary/aromatic N) is 4. The molecule has 3 aromatic rings. The lowest BCUT2D eigenvalue weighted by Gasteiger charge is -2.26. The van der Waals surface area contributed by atoms with Gasteiger partial charge in [-0.15, -0.1) is 0 Å². The highest BCUT2D eigenvalue weighted by Gasteiger charge is 2.23. The molecule has 4 rings (SSSR count). The van der Waals surface area contributed by atoms with E-state index < -0.39 is 0 Å². The summed E-state index contributed by atoms with van der Waals surface area (Å²) in [6.45, 7) is 0. The SMILES string of the molecule is N[C@H]1CC[C@H](NC(=O)c2nc(-n3ccnc3)nc3cc[nH]c23)CC1. The number of nitrogens with one attached hydrogen (secondary N) is 2. The average molecular weight is 325 g/mol. The third-order valence-electron chi connectivity index (χ3n) is 4.45. The highest BCUT2D eigenvalue weighted by Crippen LogP contribution is 2.19. The fraction of sp³-hybridized carbons (Fsp3) is 0.375. The number of fused-ring (bicyclic) bond motifs is 1. The van der Waals surface area contributed by atoms with Crippen molar-refractivity contribution in [3.05, 3.63) is 36.7 Å². The van der Waals surface area contributed by atoms with Gasteiger partial charge in [0.2, 0.25) is 5.95 Å². The first-order valence-corrected chi connectivity index (χ1v) is 8.10. The molecule has 1 saturated carbocycles. The number of hydrogen-bond donors (Lipinski definition) is 3. The summed E-state index contributed by atoms with van der Waals surface area (Å²) in [5, 5.41) is 3.08. The minimum atomic E-state index is -0.188. The Morgan fingerprint density at radius 2 is 2.12 bits per heavy atom. The van der Waals surface area contributed by atoms with Crippen molar-refractivity contribution in [2.75, 3.05) is 0 Å². The van der Waals surface area contributed by atoms with Crippen molar-refractivity contribution in [1.82, 2.24) is 29.8 Å². The molecule has 8 nitrogen and oxygen atoms in total. The molecule has 124 valence electrons. The van der Waals surface area contributed by atoms with Crippen LogP contribution in [-0.2, 0) is 0 Å². The molecule has 0 unspecified atom stereocenters. The summed E-state index contributed by atoms with van der Waals surface area (Å²) in [6.07, 6.45) is 10.4. The van der Waals surface area contributed by atoms with Gasteiger partial charge in [0.15, 0.2) is 5.69 Å². The second-order valence-electron chi connectivity index (χ2n) is 6.17. The lowest BCUT2D eigenvalue weighted by molar-refractivity contribution is 0.0922. The van der Waals surface area contributed by atoms with Gasteiger partial charge in [-0.05, 0) is 31.7 Å². The Kier molecular flexibility index (Phi) is 3.73. The fourth-order valence-electron chi connectivity index (χ4n) is 3.11. The molecular formula is C16H19N7O. The fourth-order valence-corrected chi connectivity index (χ4v) is 3.11. The largest absolute Gasteiger partial charge is 0.358 e. The van der Waals surface area contributed by atoms with Crippen LogP contribution >= 0.6 is 0 Å². The number of amides is 1. The minimum Gasteiger partial charge on any atom is -0.358 e. The van der Waals surface area contributed by atoms with E-state index in [1.54, 1.807) is 29.5 Å². The summed E-state index contributed by atoms with van der Waals surface area (Å²) in [6, 6.07) is 2.22. The Balaban J connectivity index is 1.65. The molecule has 1 amide bonds. The maximum absolute atomic E-state index is 12.8. The first-order chi connectivity index (χ1) is 11.7. The quantitative estimate of drug-likeness (QED) is 0.668. The van der Waals surface area contributed by atoms with Gasteiger partial charge in [0.25, 0.3) is 5.91 Å². The molecule has 0 saturated heterocycles. The molecule has 0 atom stereocenters. The predicted octanol–water partition coefficient (Wildman–Crippen LogP) is 1.14. The van der Waals surface area contributed by atoms with Gasteiger partial charge in [-0.25, -0.2) is 15.0 Å². The lowest BCUT2D eigenvalue weighted by Crippen LogP contribution is -2.40. The number of H-pyrrole nitrogens is 1. The third kappa shape index (κ3) is 2.76. The van der Waals surface area contributed by atoms with Gasteiger partial charge in [-0.2, -0.15) is 0 Å². The Morgan fingerprint density at radius 3 is 2.88 bits per heavy atom. The Bertz CT molecular complexity index is 847. The summed E-state index contributed by atoms with van der Waals surface area (Å²) in [7, 11) is 0. The number of aromatic nitrogens is 5. The average Bonchev–Trinajstić information content (AvgIpc) is 3.27. The van der Waals surface area contributed by atoms with Crippen molar-refractivity contribution in [3.8, 4) is 5.95 Å². The van der Waals surface area contributed by atoms with Crippen LogP contribution in [0.15, 0.2) is 31.0 Å². The summed E-state index contributed by atoms with van der Waals surface area (Å²) >= 11 is 0. The first-order valence-electron chi connectivity index (χ1n) is 8.10. The first kappa shape index (κ1) is 14.8. The van der Waals surface area contributed by atoms with E-state index in [-0.39, 0.29) is 18.0 Å². The molecule has 1 aliphatic rings. The smallest absolute Gasteiger partial charge is 0.272 e. The van der Waals surface area contributed by atoms with Gasteiger partial charge in [0.1, 0.15) is 6.33 Å². The Labute approximate surface area is 138 Å². The highest BCUT2D eigenvalue weighted by molar-refractivity contribution is 6.03. The van der Waals surface area contributed by atoms with Gasteiger partial charge >= 0.3 is 0 Å². The second-order valence-corrected chi connectivity index (χ2v) is 6.17. The third-order valence-corrected chi connectivity index (χ3v) is 4.45. The van der Waals surface area contributed by atoms with Crippen LogP contribution in [0.1, 0.15) is 36.2 Å². The van der Waals surface area contributed by atoms with E-state index in [4.69, 9.17) is 5.73 Å². The van der Waals surface area contributed by atoms with E-state index in [1.165, 1.54) is 0 Å². The highest BCUT2D eigenvalue weighted by atomic mass is 16.2. The van der Waals surface area contributed by atoms with Gasteiger partial charge in [-0.3, -0.25) is 9.36 Å². The van der Waals surface area contributed by atoms with E-state index >= 15 is 0 Å². The molecular weight excluding hydrogens is 306 g/mol. The summed E-state index contributed by atoms with van der Waals surface area (Å²) in [4.78, 5) is 28.7. The summed E-state index contributed by atoms with van der Waals surface area (Å²) in [5.41, 5.74) is 7.62. The monoisotopic (exact) mass is 325 g/mol. The molecule has 1 aliphatic carbocycles. The molecule has 4 N–H and O–H groups in total. The van der Waals surface area contributed by atoms with Crippen LogP contribution in [0.2, 0.25) is 0 Å². The molecule has 3 heterocycles. The number of nitrogens with two attached hydrogens (primary N) is 1. The van der Waals surface area contributed by atoms with Crippen molar-refractivity contribution in [3.63, 3.8) is 0 Å². The van der Waals surface area contributed by atoms with Gasteiger partial charge in [-0.1, -0.05) is 0 Å².